The second kappa shape index (κ2) is 6.20. The number of pyridine rings is 1. The number of nitrogens with one attached hydrogen (secondary N) is 1. The van der Waals surface area contributed by atoms with Gasteiger partial charge in [0, 0.05) is 12.7 Å². The molecule has 0 unspecified atom stereocenters. The fraction of sp³-hybridized carbons (Fsp3) is 0.158. The van der Waals surface area contributed by atoms with Gasteiger partial charge in [0.1, 0.15) is 11.3 Å². The lowest BCUT2D eigenvalue weighted by Crippen LogP contribution is -2.28. The van der Waals surface area contributed by atoms with Gasteiger partial charge in [0.15, 0.2) is 0 Å². The number of fused-ring (bicyclic) bond motifs is 1. The van der Waals surface area contributed by atoms with Crippen molar-refractivity contribution < 1.29 is 9.53 Å². The van der Waals surface area contributed by atoms with E-state index in [4.69, 9.17) is 4.74 Å². The summed E-state index contributed by atoms with van der Waals surface area (Å²) in [4.78, 5) is 25.1. The highest BCUT2D eigenvalue weighted by Crippen LogP contribution is 2.21. The fourth-order valence-electron chi connectivity index (χ4n) is 2.68. The number of para-hydroxylation sites is 1. The summed E-state index contributed by atoms with van der Waals surface area (Å²) in [6.07, 6.45) is 0. The number of hydrogen-bond donors (Lipinski definition) is 1. The number of rotatable bonds is 3. The van der Waals surface area contributed by atoms with E-state index in [9.17, 15) is 9.59 Å². The Hall–Kier alpha value is -3.08. The van der Waals surface area contributed by atoms with Crippen molar-refractivity contribution in [1.82, 2.24) is 4.57 Å². The molecule has 0 radical (unpaired) electrons. The summed E-state index contributed by atoms with van der Waals surface area (Å²) in [5.41, 5.74) is 2.10. The molecule has 0 atom stereocenters. The first kappa shape index (κ1) is 15.8. The van der Waals surface area contributed by atoms with Crippen LogP contribution in [0.25, 0.3) is 10.9 Å². The third-order valence-corrected chi connectivity index (χ3v) is 4.06. The third kappa shape index (κ3) is 2.76. The maximum absolute atomic E-state index is 12.6. The summed E-state index contributed by atoms with van der Waals surface area (Å²) < 4.78 is 6.65. The average molecular weight is 322 g/mol. The van der Waals surface area contributed by atoms with Crippen LogP contribution >= 0.6 is 0 Å². The lowest BCUT2D eigenvalue weighted by atomic mass is 10.1. The zero-order valence-electron chi connectivity index (χ0n) is 13.8. The van der Waals surface area contributed by atoms with Crippen LogP contribution in [0.5, 0.6) is 5.75 Å². The molecule has 0 fully saturated rings. The van der Waals surface area contributed by atoms with Crippen molar-refractivity contribution in [3.8, 4) is 5.75 Å². The van der Waals surface area contributed by atoms with Crippen LogP contribution in [0.2, 0.25) is 0 Å². The number of aryl methyl sites for hydroxylation is 2. The van der Waals surface area contributed by atoms with Crippen LogP contribution < -0.4 is 15.6 Å². The van der Waals surface area contributed by atoms with Gasteiger partial charge in [-0.3, -0.25) is 9.59 Å². The lowest BCUT2D eigenvalue weighted by Gasteiger charge is -2.11. The van der Waals surface area contributed by atoms with Gasteiger partial charge in [-0.25, -0.2) is 0 Å². The van der Waals surface area contributed by atoms with Crippen molar-refractivity contribution in [3.05, 3.63) is 70.0 Å². The number of carbonyl (C=O) groups excluding carboxylic acids is 1. The van der Waals surface area contributed by atoms with E-state index in [0.29, 0.717) is 11.4 Å². The number of methoxy groups -OCH3 is 1. The fourth-order valence-corrected chi connectivity index (χ4v) is 2.68. The molecule has 24 heavy (non-hydrogen) atoms. The van der Waals surface area contributed by atoms with Crippen molar-refractivity contribution in [1.29, 1.82) is 0 Å². The molecule has 1 amide bonds. The van der Waals surface area contributed by atoms with Crippen molar-refractivity contribution in [3.63, 3.8) is 0 Å². The number of benzene rings is 2. The first-order valence-corrected chi connectivity index (χ1v) is 7.56. The highest BCUT2D eigenvalue weighted by atomic mass is 16.5. The first-order chi connectivity index (χ1) is 11.5. The van der Waals surface area contributed by atoms with Crippen LogP contribution in [0, 0.1) is 6.92 Å². The molecule has 2 aromatic carbocycles. The summed E-state index contributed by atoms with van der Waals surface area (Å²) in [5.74, 6) is 0.293. The molecule has 0 aliphatic carbocycles. The Morgan fingerprint density at radius 1 is 1.12 bits per heavy atom. The molecule has 3 aromatic rings. The smallest absolute Gasteiger partial charge is 0.263 e. The lowest BCUT2D eigenvalue weighted by molar-refractivity contribution is 0.102. The molecule has 5 heteroatoms. The number of carbonyl (C=O) groups is 1. The van der Waals surface area contributed by atoms with Crippen molar-refractivity contribution in [2.24, 2.45) is 7.05 Å². The molecule has 0 saturated heterocycles. The van der Waals surface area contributed by atoms with Crippen molar-refractivity contribution in [2.45, 2.75) is 6.92 Å². The Balaban J connectivity index is 2.00. The van der Waals surface area contributed by atoms with Gasteiger partial charge in [0.05, 0.1) is 12.6 Å². The molecule has 5 nitrogen and oxygen atoms in total. The number of aromatic nitrogens is 1. The predicted octanol–water partition coefficient (Wildman–Crippen LogP) is 3.11. The Bertz CT molecular complexity index is 990. The van der Waals surface area contributed by atoms with E-state index in [1.807, 2.05) is 37.3 Å². The van der Waals surface area contributed by atoms with Crippen molar-refractivity contribution in [2.75, 3.05) is 12.4 Å². The van der Waals surface area contributed by atoms with Crippen LogP contribution in [0.1, 0.15) is 15.9 Å². The van der Waals surface area contributed by atoms with Crippen LogP contribution in [0.4, 0.5) is 5.69 Å². The minimum Gasteiger partial charge on any atom is -0.497 e. The Labute approximate surface area is 139 Å². The Kier molecular flexibility index (Phi) is 4.08. The first-order valence-electron chi connectivity index (χ1n) is 7.56. The monoisotopic (exact) mass is 322 g/mol. The molecule has 122 valence electrons. The predicted molar refractivity (Wildman–Crippen MR) is 94.9 cm³/mol. The number of ether oxygens (including phenoxy) is 1. The zero-order valence-corrected chi connectivity index (χ0v) is 13.8. The quantitative estimate of drug-likeness (QED) is 0.806. The van der Waals surface area contributed by atoms with Crippen LogP contribution in [-0.4, -0.2) is 17.6 Å². The number of hydrogen-bond acceptors (Lipinski definition) is 3. The van der Waals surface area contributed by atoms with Crippen molar-refractivity contribution >= 4 is 22.5 Å². The molecule has 1 N–H and O–H groups in total. The number of amides is 1. The zero-order chi connectivity index (χ0) is 17.3. The minimum atomic E-state index is -0.422. The largest absolute Gasteiger partial charge is 0.497 e. The second-order valence-electron chi connectivity index (χ2n) is 5.62. The van der Waals surface area contributed by atoms with Gasteiger partial charge in [0.25, 0.3) is 11.5 Å². The molecular weight excluding hydrogens is 304 g/mol. The van der Waals surface area contributed by atoms with Crippen LogP contribution in [-0.2, 0) is 7.05 Å². The molecule has 0 aliphatic heterocycles. The van der Waals surface area contributed by atoms with Gasteiger partial charge < -0.3 is 14.6 Å². The number of anilines is 1. The SMILES string of the molecule is COc1ccc(NC(=O)c2cc3ccccc3n(C)c2=O)c(C)c1. The van der Waals surface area contributed by atoms with E-state index in [2.05, 4.69) is 5.32 Å². The van der Waals surface area contributed by atoms with E-state index >= 15 is 0 Å². The normalized spacial score (nSPS) is 10.6. The summed E-state index contributed by atoms with van der Waals surface area (Å²) in [6.45, 7) is 1.87. The highest BCUT2D eigenvalue weighted by Gasteiger charge is 2.15. The van der Waals surface area contributed by atoms with Gasteiger partial charge in [-0.2, -0.15) is 0 Å². The average Bonchev–Trinajstić information content (AvgIpc) is 2.59. The van der Waals surface area contributed by atoms with E-state index in [0.717, 1.165) is 16.5 Å². The highest BCUT2D eigenvalue weighted by molar-refractivity contribution is 6.06. The third-order valence-electron chi connectivity index (χ3n) is 4.06. The molecule has 0 saturated carbocycles. The van der Waals surface area contributed by atoms with Gasteiger partial charge in [-0.05, 0) is 48.2 Å². The summed E-state index contributed by atoms with van der Waals surface area (Å²) >= 11 is 0. The van der Waals surface area contributed by atoms with Gasteiger partial charge in [-0.15, -0.1) is 0 Å². The van der Waals surface area contributed by atoms with Crippen LogP contribution in [0.3, 0.4) is 0 Å². The minimum absolute atomic E-state index is 0.117. The molecule has 3 rings (SSSR count). The second-order valence-corrected chi connectivity index (χ2v) is 5.62. The summed E-state index contributed by atoms with van der Waals surface area (Å²) in [6, 6.07) is 14.5. The maximum Gasteiger partial charge on any atom is 0.263 e. The van der Waals surface area contributed by atoms with E-state index in [-0.39, 0.29) is 11.1 Å². The Morgan fingerprint density at radius 3 is 2.58 bits per heavy atom. The molecule has 0 bridgehead atoms. The van der Waals surface area contributed by atoms with E-state index in [1.54, 1.807) is 32.4 Å². The standard InChI is InChI=1S/C19H18N2O3/c1-12-10-14(24-3)8-9-16(12)20-18(22)15-11-13-6-4-5-7-17(13)21(2)19(15)23/h4-11H,1-3H3,(H,20,22). The van der Waals surface area contributed by atoms with Gasteiger partial charge in [0.2, 0.25) is 0 Å². The summed E-state index contributed by atoms with van der Waals surface area (Å²) in [5, 5.41) is 3.65. The molecule has 1 aromatic heterocycles. The van der Waals surface area contributed by atoms with Gasteiger partial charge in [-0.1, -0.05) is 18.2 Å². The topological polar surface area (TPSA) is 60.3 Å². The number of nitrogens with zero attached hydrogens (tertiary/aromatic N) is 1. The molecule has 1 heterocycles. The Morgan fingerprint density at radius 2 is 1.88 bits per heavy atom. The molecule has 0 aliphatic rings. The summed E-state index contributed by atoms with van der Waals surface area (Å²) in [7, 11) is 3.26. The molecular formula is C19H18N2O3. The van der Waals surface area contributed by atoms with Crippen LogP contribution in [0.15, 0.2) is 53.3 Å². The maximum atomic E-state index is 12.6. The molecule has 0 spiro atoms. The van der Waals surface area contributed by atoms with Gasteiger partial charge >= 0.3 is 0 Å². The van der Waals surface area contributed by atoms with E-state index in [1.165, 1.54) is 4.57 Å². The van der Waals surface area contributed by atoms with E-state index < -0.39 is 5.91 Å².